The largest absolute Gasteiger partial charge is 0.376 e. The SMILES string of the molecule is C#CC(C)(CCCCCOC(C)(C)C)OC. The van der Waals surface area contributed by atoms with Gasteiger partial charge in [-0.1, -0.05) is 12.3 Å². The number of terminal acetylenes is 1. The number of ether oxygens (including phenoxy) is 2. The van der Waals surface area contributed by atoms with Gasteiger partial charge in [-0.3, -0.25) is 0 Å². The molecule has 0 aliphatic rings. The van der Waals surface area contributed by atoms with Gasteiger partial charge in [-0.2, -0.15) is 0 Å². The average molecular weight is 226 g/mol. The first-order valence-electron chi connectivity index (χ1n) is 6.00. The van der Waals surface area contributed by atoms with Crippen molar-refractivity contribution in [2.24, 2.45) is 0 Å². The molecular formula is C14H26O2. The van der Waals surface area contributed by atoms with Crippen LogP contribution in [0.4, 0.5) is 0 Å². The van der Waals surface area contributed by atoms with Crippen molar-refractivity contribution in [1.29, 1.82) is 0 Å². The molecule has 0 fully saturated rings. The van der Waals surface area contributed by atoms with E-state index in [4.69, 9.17) is 15.9 Å². The lowest BCUT2D eigenvalue weighted by molar-refractivity contribution is -0.00572. The minimum absolute atomic E-state index is 0.0279. The molecule has 0 rings (SSSR count). The zero-order valence-corrected chi connectivity index (χ0v) is 11.4. The molecule has 0 aliphatic carbocycles. The molecular weight excluding hydrogens is 200 g/mol. The van der Waals surface area contributed by atoms with Crippen LogP contribution < -0.4 is 0 Å². The third kappa shape index (κ3) is 7.73. The van der Waals surface area contributed by atoms with E-state index in [2.05, 4.69) is 26.7 Å². The number of rotatable bonds is 7. The Hall–Kier alpha value is -0.520. The van der Waals surface area contributed by atoms with Crippen molar-refractivity contribution in [1.82, 2.24) is 0 Å². The van der Waals surface area contributed by atoms with Crippen LogP contribution in [0.2, 0.25) is 0 Å². The van der Waals surface area contributed by atoms with Crippen LogP contribution in [-0.4, -0.2) is 24.9 Å². The van der Waals surface area contributed by atoms with E-state index in [1.54, 1.807) is 7.11 Å². The molecule has 94 valence electrons. The van der Waals surface area contributed by atoms with Crippen molar-refractivity contribution in [3.8, 4) is 12.3 Å². The summed E-state index contributed by atoms with van der Waals surface area (Å²) in [7, 11) is 1.67. The Balaban J connectivity index is 3.52. The maximum Gasteiger partial charge on any atom is 0.125 e. The molecule has 2 nitrogen and oxygen atoms in total. The van der Waals surface area contributed by atoms with Gasteiger partial charge in [-0.15, -0.1) is 6.42 Å². The van der Waals surface area contributed by atoms with Crippen LogP contribution in [0.1, 0.15) is 53.4 Å². The second-order valence-electron chi connectivity index (χ2n) is 5.35. The fourth-order valence-electron chi connectivity index (χ4n) is 1.35. The van der Waals surface area contributed by atoms with Crippen molar-refractivity contribution in [3.63, 3.8) is 0 Å². The Kier molecular flexibility index (Phi) is 6.71. The highest BCUT2D eigenvalue weighted by Crippen LogP contribution is 2.17. The summed E-state index contributed by atoms with van der Waals surface area (Å²) in [5.74, 6) is 2.69. The summed E-state index contributed by atoms with van der Waals surface area (Å²) in [6.45, 7) is 9.01. The Morgan fingerprint density at radius 3 is 2.12 bits per heavy atom. The van der Waals surface area contributed by atoms with Gasteiger partial charge in [0.05, 0.1) is 5.60 Å². The number of hydrogen-bond acceptors (Lipinski definition) is 2. The normalized spacial score (nSPS) is 15.5. The van der Waals surface area contributed by atoms with Gasteiger partial charge in [0.2, 0.25) is 0 Å². The van der Waals surface area contributed by atoms with Crippen LogP contribution in [0, 0.1) is 12.3 Å². The third-order valence-electron chi connectivity index (χ3n) is 2.59. The molecule has 0 spiro atoms. The third-order valence-corrected chi connectivity index (χ3v) is 2.59. The monoisotopic (exact) mass is 226 g/mol. The molecule has 0 amide bonds. The summed E-state index contributed by atoms with van der Waals surface area (Å²) in [6, 6.07) is 0. The van der Waals surface area contributed by atoms with Crippen molar-refractivity contribution < 1.29 is 9.47 Å². The molecule has 16 heavy (non-hydrogen) atoms. The van der Waals surface area contributed by atoms with Gasteiger partial charge < -0.3 is 9.47 Å². The van der Waals surface area contributed by atoms with E-state index in [-0.39, 0.29) is 5.60 Å². The maximum atomic E-state index is 5.64. The first-order valence-corrected chi connectivity index (χ1v) is 6.00. The van der Waals surface area contributed by atoms with E-state index in [0.29, 0.717) is 0 Å². The van der Waals surface area contributed by atoms with Gasteiger partial charge >= 0.3 is 0 Å². The Bertz CT molecular complexity index is 222. The summed E-state index contributed by atoms with van der Waals surface area (Å²) >= 11 is 0. The van der Waals surface area contributed by atoms with Gasteiger partial charge in [0.25, 0.3) is 0 Å². The fourth-order valence-corrected chi connectivity index (χ4v) is 1.35. The van der Waals surface area contributed by atoms with E-state index >= 15 is 0 Å². The number of hydrogen-bond donors (Lipinski definition) is 0. The van der Waals surface area contributed by atoms with Gasteiger partial charge in [0.15, 0.2) is 0 Å². The Labute approximate surface area is 101 Å². The predicted octanol–water partition coefficient (Wildman–Crippen LogP) is 3.40. The molecule has 0 heterocycles. The topological polar surface area (TPSA) is 18.5 Å². The molecule has 1 atom stereocenters. The summed E-state index contributed by atoms with van der Waals surface area (Å²) in [4.78, 5) is 0. The van der Waals surface area contributed by atoms with Gasteiger partial charge in [0, 0.05) is 13.7 Å². The van der Waals surface area contributed by atoms with E-state index in [9.17, 15) is 0 Å². The molecule has 0 aromatic heterocycles. The van der Waals surface area contributed by atoms with Crippen LogP contribution >= 0.6 is 0 Å². The van der Waals surface area contributed by atoms with Gasteiger partial charge in [-0.25, -0.2) is 0 Å². The maximum absolute atomic E-state index is 5.64. The van der Waals surface area contributed by atoms with E-state index in [1.165, 1.54) is 0 Å². The summed E-state index contributed by atoms with van der Waals surface area (Å²) in [6.07, 6.45) is 9.63. The molecule has 0 bridgehead atoms. The lowest BCUT2D eigenvalue weighted by atomic mass is 9.99. The van der Waals surface area contributed by atoms with E-state index in [0.717, 1.165) is 32.3 Å². The van der Waals surface area contributed by atoms with Crippen LogP contribution in [-0.2, 0) is 9.47 Å². The predicted molar refractivity (Wildman–Crippen MR) is 68.4 cm³/mol. The molecule has 0 aliphatic heterocycles. The quantitative estimate of drug-likeness (QED) is 0.489. The zero-order valence-electron chi connectivity index (χ0n) is 11.4. The van der Waals surface area contributed by atoms with Crippen molar-refractivity contribution in [2.75, 3.05) is 13.7 Å². The molecule has 1 unspecified atom stereocenters. The molecule has 0 N–H and O–H groups in total. The second-order valence-corrected chi connectivity index (χ2v) is 5.35. The summed E-state index contributed by atoms with van der Waals surface area (Å²) in [5.41, 5.74) is -0.426. The molecule has 0 aromatic carbocycles. The number of unbranched alkanes of at least 4 members (excludes halogenated alkanes) is 2. The Morgan fingerprint density at radius 1 is 1.06 bits per heavy atom. The minimum atomic E-state index is -0.398. The molecule has 0 saturated heterocycles. The zero-order chi connectivity index (χ0) is 12.7. The second kappa shape index (κ2) is 6.93. The summed E-state index contributed by atoms with van der Waals surface area (Å²) < 4.78 is 10.9. The minimum Gasteiger partial charge on any atom is -0.376 e. The highest BCUT2D eigenvalue weighted by molar-refractivity contribution is 5.05. The first-order chi connectivity index (χ1) is 7.33. The van der Waals surface area contributed by atoms with Crippen molar-refractivity contribution in [2.45, 2.75) is 64.6 Å². The lowest BCUT2D eigenvalue weighted by Gasteiger charge is -2.22. The standard InChI is InChI=1S/C14H26O2/c1-7-14(5,15-6)11-9-8-10-12-16-13(2,3)4/h1H,8-12H2,2-6H3. The molecule has 0 saturated carbocycles. The summed E-state index contributed by atoms with van der Waals surface area (Å²) in [5, 5.41) is 0. The molecule has 0 radical (unpaired) electrons. The van der Waals surface area contributed by atoms with Crippen molar-refractivity contribution in [3.05, 3.63) is 0 Å². The molecule has 0 aromatic rings. The lowest BCUT2D eigenvalue weighted by Crippen LogP contribution is -2.24. The van der Waals surface area contributed by atoms with Gasteiger partial charge in [-0.05, 0) is 47.0 Å². The number of methoxy groups -OCH3 is 1. The Morgan fingerprint density at radius 2 is 1.69 bits per heavy atom. The van der Waals surface area contributed by atoms with Crippen LogP contribution in [0.3, 0.4) is 0 Å². The van der Waals surface area contributed by atoms with Crippen molar-refractivity contribution >= 4 is 0 Å². The first kappa shape index (κ1) is 15.5. The average Bonchev–Trinajstić information content (AvgIpc) is 2.21. The highest BCUT2D eigenvalue weighted by Gasteiger charge is 2.18. The highest BCUT2D eigenvalue weighted by atomic mass is 16.5. The van der Waals surface area contributed by atoms with Gasteiger partial charge in [0.1, 0.15) is 5.60 Å². The smallest absolute Gasteiger partial charge is 0.125 e. The van der Waals surface area contributed by atoms with Crippen LogP contribution in [0.15, 0.2) is 0 Å². The van der Waals surface area contributed by atoms with Crippen LogP contribution in [0.25, 0.3) is 0 Å². The fraction of sp³-hybridized carbons (Fsp3) is 0.857. The van der Waals surface area contributed by atoms with E-state index in [1.807, 2.05) is 6.92 Å². The van der Waals surface area contributed by atoms with E-state index < -0.39 is 5.60 Å². The van der Waals surface area contributed by atoms with Crippen LogP contribution in [0.5, 0.6) is 0 Å². The molecule has 2 heteroatoms.